The van der Waals surface area contributed by atoms with Crippen LogP contribution < -0.4 is 10.2 Å². The van der Waals surface area contributed by atoms with Crippen LogP contribution in [-0.2, 0) is 11.2 Å². The molecule has 1 aliphatic heterocycles. The molecule has 5 rings (SSSR count). The molecule has 146 valence electrons. The number of fused-ring (bicyclic) bond motifs is 3. The summed E-state index contributed by atoms with van der Waals surface area (Å²) in [5.41, 5.74) is 3.38. The minimum Gasteiger partial charge on any atom is -0.360 e. The molecule has 1 aromatic heterocycles. The topological polar surface area (TPSA) is 75.4 Å². The van der Waals surface area contributed by atoms with Gasteiger partial charge in [-0.25, -0.2) is 0 Å². The van der Waals surface area contributed by atoms with Gasteiger partial charge in [-0.3, -0.25) is 9.59 Å². The maximum Gasteiger partial charge on any atom is 0.274 e. The average molecular weight is 387 g/mol. The van der Waals surface area contributed by atoms with Gasteiger partial charge in [0.1, 0.15) is 11.8 Å². The largest absolute Gasteiger partial charge is 0.360 e. The summed E-state index contributed by atoms with van der Waals surface area (Å²) in [7, 11) is 1.76. The van der Waals surface area contributed by atoms with E-state index in [1.807, 2.05) is 48.5 Å². The van der Waals surface area contributed by atoms with Crippen molar-refractivity contribution in [2.24, 2.45) is 5.92 Å². The highest BCUT2D eigenvalue weighted by atomic mass is 16.5. The van der Waals surface area contributed by atoms with Gasteiger partial charge in [-0.2, -0.15) is 0 Å². The second-order valence-electron chi connectivity index (χ2n) is 7.75. The van der Waals surface area contributed by atoms with Gasteiger partial charge < -0.3 is 14.7 Å². The fourth-order valence-electron chi connectivity index (χ4n) is 4.24. The predicted octanol–water partition coefficient (Wildman–Crippen LogP) is 3.14. The molecular weight excluding hydrogens is 366 g/mol. The molecule has 2 amide bonds. The Morgan fingerprint density at radius 1 is 1.17 bits per heavy atom. The molecule has 2 heterocycles. The van der Waals surface area contributed by atoms with Gasteiger partial charge >= 0.3 is 0 Å². The molecule has 1 N–H and O–H groups in total. The third kappa shape index (κ3) is 3.20. The maximum absolute atomic E-state index is 13.0. The Hall–Kier alpha value is -3.41. The lowest BCUT2D eigenvalue weighted by Crippen LogP contribution is -2.48. The summed E-state index contributed by atoms with van der Waals surface area (Å²) in [6.45, 7) is 0. The number of benzene rings is 2. The van der Waals surface area contributed by atoms with Crippen molar-refractivity contribution < 1.29 is 14.1 Å². The van der Waals surface area contributed by atoms with E-state index in [4.69, 9.17) is 4.52 Å². The predicted molar refractivity (Wildman–Crippen MR) is 108 cm³/mol. The lowest BCUT2D eigenvalue weighted by atomic mass is 10.1. The van der Waals surface area contributed by atoms with E-state index in [0.717, 1.165) is 17.7 Å². The van der Waals surface area contributed by atoms with Crippen LogP contribution in [0.4, 0.5) is 5.69 Å². The number of carbonyl (C=O) groups excluding carboxylic acids is 2. The molecule has 0 saturated heterocycles. The van der Waals surface area contributed by atoms with Crippen molar-refractivity contribution >= 4 is 17.5 Å². The fourth-order valence-corrected chi connectivity index (χ4v) is 4.24. The molecule has 0 spiro atoms. The molecule has 1 saturated carbocycles. The van der Waals surface area contributed by atoms with E-state index in [1.165, 1.54) is 5.56 Å². The quantitative estimate of drug-likeness (QED) is 0.746. The van der Waals surface area contributed by atoms with Crippen molar-refractivity contribution in [3.8, 4) is 0 Å². The zero-order valence-corrected chi connectivity index (χ0v) is 16.0. The summed E-state index contributed by atoms with van der Waals surface area (Å²) < 4.78 is 5.33. The lowest BCUT2D eigenvalue weighted by Gasteiger charge is -2.23. The molecule has 3 aromatic rings. The number of carbonyl (C=O) groups is 2. The minimum atomic E-state index is -0.556. The smallest absolute Gasteiger partial charge is 0.274 e. The zero-order valence-electron chi connectivity index (χ0n) is 16.0. The van der Waals surface area contributed by atoms with E-state index in [1.54, 1.807) is 18.0 Å². The molecule has 0 bridgehead atoms. The average Bonchev–Trinajstić information content (AvgIpc) is 3.41. The van der Waals surface area contributed by atoms with Crippen LogP contribution in [0.5, 0.6) is 0 Å². The molecule has 1 aliphatic carbocycles. The van der Waals surface area contributed by atoms with Crippen molar-refractivity contribution in [1.82, 2.24) is 10.5 Å². The summed E-state index contributed by atoms with van der Waals surface area (Å²) in [5.74, 6) is 0.562. The number of anilines is 1. The zero-order chi connectivity index (χ0) is 20.0. The van der Waals surface area contributed by atoms with Crippen LogP contribution in [0.25, 0.3) is 0 Å². The van der Waals surface area contributed by atoms with Gasteiger partial charge in [0, 0.05) is 25.2 Å². The van der Waals surface area contributed by atoms with Gasteiger partial charge in [-0.1, -0.05) is 53.7 Å². The second-order valence-corrected chi connectivity index (χ2v) is 7.75. The number of para-hydroxylation sites is 1. The summed E-state index contributed by atoms with van der Waals surface area (Å²) >= 11 is 0. The molecule has 2 unspecified atom stereocenters. The molecule has 2 aromatic carbocycles. The van der Waals surface area contributed by atoms with Gasteiger partial charge in [-0.15, -0.1) is 0 Å². The van der Waals surface area contributed by atoms with E-state index < -0.39 is 6.04 Å². The van der Waals surface area contributed by atoms with Gasteiger partial charge in [0.25, 0.3) is 5.91 Å². The number of hydrogen-bond acceptors (Lipinski definition) is 4. The van der Waals surface area contributed by atoms with E-state index >= 15 is 0 Å². The molecule has 29 heavy (non-hydrogen) atoms. The van der Waals surface area contributed by atoms with Crippen molar-refractivity contribution in [2.75, 3.05) is 11.9 Å². The summed E-state index contributed by atoms with van der Waals surface area (Å²) in [6.07, 6.45) is 1.46. The Morgan fingerprint density at radius 3 is 2.76 bits per heavy atom. The first-order valence-corrected chi connectivity index (χ1v) is 9.78. The maximum atomic E-state index is 13.0. The molecule has 3 atom stereocenters. The van der Waals surface area contributed by atoms with Crippen LogP contribution in [0, 0.1) is 5.92 Å². The first-order chi connectivity index (χ1) is 14.1. The van der Waals surface area contributed by atoms with E-state index in [-0.39, 0.29) is 23.4 Å². The van der Waals surface area contributed by atoms with Crippen LogP contribution in [0.2, 0.25) is 0 Å². The van der Waals surface area contributed by atoms with Gasteiger partial charge in [0.2, 0.25) is 5.91 Å². The normalized spacial score (nSPS) is 22.4. The number of nitrogens with zero attached hydrogens (tertiary/aromatic N) is 2. The number of hydrogen-bond donors (Lipinski definition) is 1. The minimum absolute atomic E-state index is 0.0937. The van der Waals surface area contributed by atoms with Crippen molar-refractivity contribution in [2.45, 2.75) is 24.8 Å². The SMILES string of the molecule is CN1C(=O)[C@@H](NC(=O)c2cc(Cc3ccccc3)on2)C2CC2c2ccccc21. The molecule has 6 nitrogen and oxygen atoms in total. The highest BCUT2D eigenvalue weighted by Gasteiger charge is 2.51. The van der Waals surface area contributed by atoms with E-state index in [2.05, 4.69) is 16.5 Å². The Kier molecular flexibility index (Phi) is 4.19. The first kappa shape index (κ1) is 17.7. The molecular formula is C23H21N3O3. The summed E-state index contributed by atoms with van der Waals surface area (Å²) in [5, 5.41) is 6.82. The van der Waals surface area contributed by atoms with Crippen molar-refractivity contribution in [1.29, 1.82) is 0 Å². The van der Waals surface area contributed by atoms with Crippen molar-refractivity contribution in [3.05, 3.63) is 83.2 Å². The summed E-state index contributed by atoms with van der Waals surface area (Å²) in [6, 6.07) is 18.9. The van der Waals surface area contributed by atoms with E-state index in [9.17, 15) is 9.59 Å². The van der Waals surface area contributed by atoms with Crippen LogP contribution in [0.15, 0.2) is 65.2 Å². The van der Waals surface area contributed by atoms with E-state index in [0.29, 0.717) is 18.1 Å². The molecule has 2 aliphatic rings. The second kappa shape index (κ2) is 6.88. The third-order valence-corrected chi connectivity index (χ3v) is 5.86. The Labute approximate surface area is 168 Å². The molecule has 0 radical (unpaired) electrons. The lowest BCUT2D eigenvalue weighted by molar-refractivity contribution is -0.120. The van der Waals surface area contributed by atoms with Crippen LogP contribution >= 0.6 is 0 Å². The standard InChI is InChI=1S/C23H21N3O3/c1-26-20-10-6-5-9-16(20)17-13-18(17)21(23(26)28)24-22(27)19-12-15(29-25-19)11-14-7-3-2-4-8-14/h2-10,12,17-18,21H,11,13H2,1H3,(H,24,27)/t17?,18?,21-/m0/s1. The first-order valence-electron chi connectivity index (χ1n) is 9.78. The van der Waals surface area contributed by atoms with Gasteiger partial charge in [-0.05, 0) is 35.4 Å². The highest BCUT2D eigenvalue weighted by Crippen LogP contribution is 2.54. The van der Waals surface area contributed by atoms with Gasteiger partial charge in [0.05, 0.1) is 0 Å². The fraction of sp³-hybridized carbons (Fsp3) is 0.261. The van der Waals surface area contributed by atoms with Crippen LogP contribution in [0.3, 0.4) is 0 Å². The number of amides is 2. The molecule has 1 fully saturated rings. The number of nitrogens with one attached hydrogen (secondary N) is 1. The Balaban J connectivity index is 1.32. The van der Waals surface area contributed by atoms with Crippen LogP contribution in [0.1, 0.15) is 39.7 Å². The van der Waals surface area contributed by atoms with Crippen molar-refractivity contribution in [3.63, 3.8) is 0 Å². The number of likely N-dealkylation sites (N-methyl/N-ethyl adjacent to an activating group) is 1. The third-order valence-electron chi connectivity index (χ3n) is 5.86. The summed E-state index contributed by atoms with van der Waals surface area (Å²) in [4.78, 5) is 27.5. The highest BCUT2D eigenvalue weighted by molar-refractivity contribution is 6.03. The van der Waals surface area contributed by atoms with Gasteiger partial charge in [0.15, 0.2) is 5.69 Å². The van der Waals surface area contributed by atoms with Crippen LogP contribution in [-0.4, -0.2) is 30.1 Å². The monoisotopic (exact) mass is 387 g/mol. The Bertz CT molecular complexity index is 1080. The molecule has 6 heteroatoms. The number of rotatable bonds is 4. The number of aromatic nitrogens is 1. The Morgan fingerprint density at radius 2 is 1.93 bits per heavy atom.